The fourth-order valence-electron chi connectivity index (χ4n) is 5.32. The first-order chi connectivity index (χ1) is 15.6. The zero-order valence-electron chi connectivity index (χ0n) is 19.3. The van der Waals surface area contributed by atoms with Crippen molar-refractivity contribution >= 4 is 28.1 Å². The molecule has 2 heterocycles. The highest BCUT2D eigenvalue weighted by Gasteiger charge is 2.31. The summed E-state index contributed by atoms with van der Waals surface area (Å²) in [4.78, 5) is 20.4. The number of carbonyl (C=O) groups is 1. The fraction of sp³-hybridized carbons (Fsp3) is 0.393. The van der Waals surface area contributed by atoms with E-state index in [1.807, 2.05) is 23.1 Å². The van der Waals surface area contributed by atoms with Crippen LogP contribution in [0.3, 0.4) is 0 Å². The van der Waals surface area contributed by atoms with Crippen LogP contribution >= 0.6 is 0 Å². The Morgan fingerprint density at radius 2 is 1.66 bits per heavy atom. The normalized spacial score (nSPS) is 16.9. The van der Waals surface area contributed by atoms with Crippen molar-refractivity contribution in [3.8, 4) is 0 Å². The third-order valence-electron chi connectivity index (χ3n) is 6.78. The second-order valence-electron chi connectivity index (χ2n) is 9.56. The van der Waals surface area contributed by atoms with Crippen molar-refractivity contribution < 1.29 is 4.79 Å². The number of nitrogens with zero attached hydrogens (tertiary/aromatic N) is 3. The van der Waals surface area contributed by atoms with Crippen molar-refractivity contribution in [1.29, 1.82) is 0 Å². The highest BCUT2D eigenvalue weighted by atomic mass is 16.2. The minimum atomic E-state index is 0.137. The van der Waals surface area contributed by atoms with E-state index in [4.69, 9.17) is 0 Å². The van der Waals surface area contributed by atoms with Crippen LogP contribution in [-0.2, 0) is 6.42 Å². The molecule has 0 bridgehead atoms. The molecule has 4 heteroatoms. The summed E-state index contributed by atoms with van der Waals surface area (Å²) >= 11 is 0. The van der Waals surface area contributed by atoms with E-state index >= 15 is 0 Å². The molecule has 1 amide bonds. The van der Waals surface area contributed by atoms with Gasteiger partial charge in [0.15, 0.2) is 0 Å². The largest absolute Gasteiger partial charge is 0.370 e. The zero-order valence-corrected chi connectivity index (χ0v) is 19.3. The summed E-state index contributed by atoms with van der Waals surface area (Å²) < 4.78 is 0. The SMILES string of the molecule is CC(C)CN1CCCN(c2ccc3c4c(cccc24)C(=O)N3CCc2ccccc2)CC1. The Hall–Kier alpha value is -2.85. The molecule has 0 N–H and O–H groups in total. The monoisotopic (exact) mass is 427 g/mol. The lowest BCUT2D eigenvalue weighted by Gasteiger charge is -2.26. The predicted octanol–water partition coefficient (Wildman–Crippen LogP) is 5.21. The van der Waals surface area contributed by atoms with E-state index in [9.17, 15) is 4.79 Å². The van der Waals surface area contributed by atoms with Crippen LogP contribution in [0.15, 0.2) is 60.7 Å². The molecule has 0 atom stereocenters. The van der Waals surface area contributed by atoms with E-state index in [2.05, 4.69) is 66.1 Å². The summed E-state index contributed by atoms with van der Waals surface area (Å²) in [5, 5.41) is 2.35. The quantitative estimate of drug-likeness (QED) is 0.540. The van der Waals surface area contributed by atoms with E-state index in [0.717, 1.165) is 42.7 Å². The van der Waals surface area contributed by atoms with Crippen molar-refractivity contribution in [2.24, 2.45) is 5.92 Å². The molecule has 0 aliphatic carbocycles. The van der Waals surface area contributed by atoms with Gasteiger partial charge in [-0.05, 0) is 49.1 Å². The number of benzene rings is 3. The number of rotatable bonds is 6. The van der Waals surface area contributed by atoms with E-state index in [0.29, 0.717) is 12.5 Å². The molecule has 2 aliphatic rings. The molecule has 3 aromatic carbocycles. The van der Waals surface area contributed by atoms with Crippen LogP contribution in [0.25, 0.3) is 10.8 Å². The Bertz CT molecular complexity index is 1110. The number of hydrogen-bond acceptors (Lipinski definition) is 3. The summed E-state index contributed by atoms with van der Waals surface area (Å²) in [7, 11) is 0. The van der Waals surface area contributed by atoms with Crippen molar-refractivity contribution in [3.05, 3.63) is 71.8 Å². The second kappa shape index (κ2) is 8.95. The van der Waals surface area contributed by atoms with E-state index < -0.39 is 0 Å². The van der Waals surface area contributed by atoms with Gasteiger partial charge >= 0.3 is 0 Å². The molecule has 32 heavy (non-hydrogen) atoms. The molecule has 0 spiro atoms. The molecule has 1 saturated heterocycles. The van der Waals surface area contributed by atoms with Gasteiger partial charge in [-0.1, -0.05) is 56.3 Å². The number of carbonyl (C=O) groups excluding carboxylic acids is 1. The maximum Gasteiger partial charge on any atom is 0.259 e. The van der Waals surface area contributed by atoms with Gasteiger partial charge in [0.1, 0.15) is 0 Å². The van der Waals surface area contributed by atoms with Gasteiger partial charge in [-0.2, -0.15) is 0 Å². The Morgan fingerprint density at radius 3 is 2.47 bits per heavy atom. The molecule has 1 fully saturated rings. The molecule has 166 valence electrons. The van der Waals surface area contributed by atoms with Crippen molar-refractivity contribution in [3.63, 3.8) is 0 Å². The maximum atomic E-state index is 13.3. The Morgan fingerprint density at radius 1 is 0.844 bits per heavy atom. The Balaban J connectivity index is 1.42. The first kappa shape index (κ1) is 21.0. The van der Waals surface area contributed by atoms with Crippen molar-refractivity contribution in [1.82, 2.24) is 4.90 Å². The third-order valence-corrected chi connectivity index (χ3v) is 6.78. The third kappa shape index (κ3) is 4.00. The van der Waals surface area contributed by atoms with Crippen LogP contribution < -0.4 is 9.80 Å². The highest BCUT2D eigenvalue weighted by Crippen LogP contribution is 2.41. The van der Waals surface area contributed by atoms with Gasteiger partial charge in [0.2, 0.25) is 0 Å². The summed E-state index contributed by atoms with van der Waals surface area (Å²) in [6.45, 7) is 10.8. The first-order valence-corrected chi connectivity index (χ1v) is 12.0. The van der Waals surface area contributed by atoms with Crippen LogP contribution in [-0.4, -0.2) is 50.1 Å². The fourth-order valence-corrected chi connectivity index (χ4v) is 5.32. The molecular formula is C28H33N3O. The zero-order chi connectivity index (χ0) is 22.1. The van der Waals surface area contributed by atoms with Crippen LogP contribution in [0, 0.1) is 5.92 Å². The smallest absolute Gasteiger partial charge is 0.259 e. The average molecular weight is 428 g/mol. The minimum Gasteiger partial charge on any atom is -0.370 e. The van der Waals surface area contributed by atoms with Gasteiger partial charge in [0.25, 0.3) is 5.91 Å². The Labute approximate surface area is 191 Å². The molecule has 0 unspecified atom stereocenters. The van der Waals surface area contributed by atoms with Gasteiger partial charge in [-0.15, -0.1) is 0 Å². The first-order valence-electron chi connectivity index (χ1n) is 12.0. The summed E-state index contributed by atoms with van der Waals surface area (Å²) in [6, 6.07) is 21.1. The molecule has 2 aliphatic heterocycles. The van der Waals surface area contributed by atoms with Crippen LogP contribution in [0.1, 0.15) is 36.2 Å². The van der Waals surface area contributed by atoms with Crippen LogP contribution in [0.5, 0.6) is 0 Å². The second-order valence-corrected chi connectivity index (χ2v) is 9.56. The lowest BCUT2D eigenvalue weighted by atomic mass is 10.0. The van der Waals surface area contributed by atoms with Gasteiger partial charge in [-0.25, -0.2) is 0 Å². The summed E-state index contributed by atoms with van der Waals surface area (Å²) in [6.07, 6.45) is 2.04. The van der Waals surface area contributed by atoms with Gasteiger partial charge in [0, 0.05) is 54.7 Å². The molecule has 5 rings (SSSR count). The van der Waals surface area contributed by atoms with Crippen molar-refractivity contribution in [2.45, 2.75) is 26.7 Å². The van der Waals surface area contributed by atoms with E-state index in [1.54, 1.807) is 0 Å². The van der Waals surface area contributed by atoms with Crippen LogP contribution in [0.4, 0.5) is 11.4 Å². The lowest BCUT2D eigenvalue weighted by molar-refractivity contribution is 0.0993. The molecule has 4 nitrogen and oxygen atoms in total. The van der Waals surface area contributed by atoms with E-state index in [-0.39, 0.29) is 5.91 Å². The molecular weight excluding hydrogens is 394 g/mol. The molecule has 3 aromatic rings. The summed E-state index contributed by atoms with van der Waals surface area (Å²) in [5.41, 5.74) is 4.45. The molecule has 0 radical (unpaired) electrons. The topological polar surface area (TPSA) is 26.8 Å². The van der Waals surface area contributed by atoms with Gasteiger partial charge < -0.3 is 14.7 Å². The molecule has 0 saturated carbocycles. The number of hydrogen-bond donors (Lipinski definition) is 0. The Kier molecular flexibility index (Phi) is 5.88. The minimum absolute atomic E-state index is 0.137. The van der Waals surface area contributed by atoms with Gasteiger partial charge in [-0.3, -0.25) is 4.79 Å². The standard InChI is InChI=1S/C28H33N3O/c1-21(2)20-29-15-7-16-30(19-18-29)25-12-13-26-27-23(25)10-6-11-24(27)28(32)31(26)17-14-22-8-4-3-5-9-22/h3-6,8-13,21H,7,14-20H2,1-2H3. The summed E-state index contributed by atoms with van der Waals surface area (Å²) in [5.74, 6) is 0.837. The molecule has 0 aromatic heterocycles. The highest BCUT2D eigenvalue weighted by molar-refractivity contribution is 6.26. The number of amides is 1. The lowest BCUT2D eigenvalue weighted by Crippen LogP contribution is -2.33. The number of anilines is 2. The van der Waals surface area contributed by atoms with Crippen molar-refractivity contribution in [2.75, 3.05) is 49.1 Å². The maximum absolute atomic E-state index is 13.3. The average Bonchev–Trinajstić information content (AvgIpc) is 2.93. The predicted molar refractivity (Wildman–Crippen MR) is 134 cm³/mol. The van der Waals surface area contributed by atoms with Gasteiger partial charge in [0.05, 0.1) is 5.69 Å². The van der Waals surface area contributed by atoms with Crippen LogP contribution in [0.2, 0.25) is 0 Å². The van der Waals surface area contributed by atoms with E-state index in [1.165, 1.54) is 36.1 Å².